The number of aromatic hydroxyl groups is 1. The maximum Gasteiger partial charge on any atom is 0.335 e. The zero-order chi connectivity index (χ0) is 18.3. The number of para-hydroxylation sites is 1. The first-order chi connectivity index (χ1) is 12.5. The topological polar surface area (TPSA) is 87.5 Å². The van der Waals surface area contributed by atoms with E-state index in [2.05, 4.69) is 25.9 Å². The molecule has 0 atom stereocenters. The van der Waals surface area contributed by atoms with Crippen LogP contribution in [0.5, 0.6) is 5.88 Å². The predicted octanol–water partition coefficient (Wildman–Crippen LogP) is 3.25. The van der Waals surface area contributed by atoms with E-state index in [4.69, 9.17) is 0 Å². The van der Waals surface area contributed by atoms with Crippen LogP contribution in [0.4, 0.5) is 5.69 Å². The van der Waals surface area contributed by atoms with E-state index in [1.807, 2.05) is 18.2 Å². The Kier molecular flexibility index (Phi) is 3.93. The molecule has 2 aromatic carbocycles. The first kappa shape index (κ1) is 16.3. The highest BCUT2D eigenvalue weighted by atomic mass is 79.9. The zero-order valence-electron chi connectivity index (χ0n) is 13.3. The van der Waals surface area contributed by atoms with Gasteiger partial charge in [0.05, 0.1) is 11.4 Å². The Balaban J connectivity index is 1.93. The number of hydrogen-bond acceptors (Lipinski definition) is 4. The first-order valence-corrected chi connectivity index (χ1v) is 8.53. The second kappa shape index (κ2) is 6.27. The summed E-state index contributed by atoms with van der Waals surface area (Å²) in [5.41, 5.74) is 1.34. The number of aromatic nitrogens is 2. The van der Waals surface area contributed by atoms with Crippen LogP contribution < -0.4 is 11.2 Å². The van der Waals surface area contributed by atoms with Crippen molar-refractivity contribution in [3.63, 3.8) is 0 Å². The number of nitrogens with one attached hydrogen (secondary N) is 1. The summed E-state index contributed by atoms with van der Waals surface area (Å²) < 4.78 is 1.93. The number of fused-ring (bicyclic) bond motifs is 1. The number of allylic oxidation sites excluding steroid dienone is 1. The normalized spacial score (nSPS) is 14.0. The number of hydrogen-bond donors (Lipinski definition) is 2. The lowest BCUT2D eigenvalue weighted by molar-refractivity contribution is 0.429. The summed E-state index contributed by atoms with van der Waals surface area (Å²) in [6.07, 6.45) is 3.14. The zero-order valence-corrected chi connectivity index (χ0v) is 14.9. The molecule has 1 aliphatic heterocycles. The standard InChI is InChI=1S/C19H12BrN3O3/c20-12-6-7-16-14(9-12)11(10-21-16)8-15-17(24)22-19(26)23(18(15)25)13-4-2-1-3-5-13/h1-10,25H,(H,22,24,26)/b11-8+. The molecule has 0 radical (unpaired) electrons. The van der Waals surface area contributed by atoms with E-state index in [-0.39, 0.29) is 5.56 Å². The van der Waals surface area contributed by atoms with E-state index in [1.54, 1.807) is 36.5 Å². The van der Waals surface area contributed by atoms with Gasteiger partial charge in [-0.15, -0.1) is 0 Å². The second-order valence-corrected chi connectivity index (χ2v) is 6.60. The Morgan fingerprint density at radius 3 is 2.65 bits per heavy atom. The van der Waals surface area contributed by atoms with E-state index in [1.165, 1.54) is 6.08 Å². The third kappa shape index (κ3) is 2.72. The fourth-order valence-corrected chi connectivity index (χ4v) is 3.18. The molecule has 0 amide bonds. The van der Waals surface area contributed by atoms with E-state index < -0.39 is 17.1 Å². The third-order valence-electron chi connectivity index (χ3n) is 4.05. The number of aromatic amines is 1. The van der Waals surface area contributed by atoms with E-state index in [0.29, 0.717) is 11.3 Å². The smallest absolute Gasteiger partial charge is 0.335 e. The third-order valence-corrected chi connectivity index (χ3v) is 4.54. The van der Waals surface area contributed by atoms with Crippen molar-refractivity contribution in [1.29, 1.82) is 0 Å². The van der Waals surface area contributed by atoms with Gasteiger partial charge in [0.2, 0.25) is 5.88 Å². The molecule has 3 aromatic rings. The molecule has 2 N–H and O–H groups in total. The molecule has 2 heterocycles. The molecule has 1 aliphatic rings. The van der Waals surface area contributed by atoms with Gasteiger partial charge in [0.15, 0.2) is 0 Å². The highest BCUT2D eigenvalue weighted by Crippen LogP contribution is 2.35. The van der Waals surface area contributed by atoms with Crippen LogP contribution in [0.3, 0.4) is 0 Å². The van der Waals surface area contributed by atoms with Gasteiger partial charge in [-0.05, 0) is 36.4 Å². The van der Waals surface area contributed by atoms with Gasteiger partial charge >= 0.3 is 5.69 Å². The fraction of sp³-hybridized carbons (Fsp3) is 0. The van der Waals surface area contributed by atoms with Gasteiger partial charge in [0, 0.05) is 21.8 Å². The molecule has 0 aliphatic carbocycles. The van der Waals surface area contributed by atoms with Crippen LogP contribution in [0, 0.1) is 0 Å². The minimum Gasteiger partial charge on any atom is -0.494 e. The summed E-state index contributed by atoms with van der Waals surface area (Å²) >= 11 is 3.41. The molecule has 128 valence electrons. The average Bonchev–Trinajstić information content (AvgIpc) is 3.01. The maximum atomic E-state index is 12.3. The Labute approximate surface area is 155 Å². The van der Waals surface area contributed by atoms with Gasteiger partial charge < -0.3 is 5.11 Å². The quantitative estimate of drug-likeness (QED) is 0.680. The SMILES string of the molecule is O=c1[nH]c(=O)n(-c2ccccc2)c(O)c1/C=C1\C=Nc2ccc(Br)cc21. The van der Waals surface area contributed by atoms with E-state index in [9.17, 15) is 14.7 Å². The van der Waals surface area contributed by atoms with Crippen molar-refractivity contribution < 1.29 is 5.11 Å². The van der Waals surface area contributed by atoms with E-state index >= 15 is 0 Å². The molecule has 0 saturated heterocycles. The van der Waals surface area contributed by atoms with Crippen LogP contribution in [0.15, 0.2) is 67.6 Å². The lowest BCUT2D eigenvalue weighted by Gasteiger charge is -2.10. The fourth-order valence-electron chi connectivity index (χ4n) is 2.82. The second-order valence-electron chi connectivity index (χ2n) is 5.69. The largest absolute Gasteiger partial charge is 0.494 e. The van der Waals surface area contributed by atoms with Crippen LogP contribution in [-0.4, -0.2) is 20.9 Å². The molecule has 4 rings (SSSR count). The Morgan fingerprint density at radius 1 is 1.12 bits per heavy atom. The van der Waals surface area contributed by atoms with Gasteiger partial charge in [-0.1, -0.05) is 34.1 Å². The maximum absolute atomic E-state index is 12.3. The summed E-state index contributed by atoms with van der Waals surface area (Å²) in [6.45, 7) is 0. The van der Waals surface area contributed by atoms with Crippen molar-refractivity contribution in [3.05, 3.63) is 85.0 Å². The van der Waals surface area contributed by atoms with Crippen LogP contribution in [0.2, 0.25) is 0 Å². The van der Waals surface area contributed by atoms with Gasteiger partial charge in [-0.2, -0.15) is 0 Å². The van der Waals surface area contributed by atoms with Crippen LogP contribution in [0.1, 0.15) is 11.1 Å². The molecule has 0 spiro atoms. The van der Waals surface area contributed by atoms with Gasteiger partial charge in [0.1, 0.15) is 5.56 Å². The van der Waals surface area contributed by atoms with Gasteiger partial charge in [0.25, 0.3) is 5.56 Å². The van der Waals surface area contributed by atoms with Crippen LogP contribution >= 0.6 is 15.9 Å². The van der Waals surface area contributed by atoms with Crippen molar-refractivity contribution >= 4 is 39.5 Å². The van der Waals surface area contributed by atoms with Crippen molar-refractivity contribution in [2.24, 2.45) is 4.99 Å². The molecule has 0 bridgehead atoms. The summed E-state index contributed by atoms with van der Waals surface area (Å²) in [6, 6.07) is 14.2. The number of rotatable bonds is 2. The molecule has 0 saturated carbocycles. The lowest BCUT2D eigenvalue weighted by Crippen LogP contribution is -2.30. The highest BCUT2D eigenvalue weighted by Gasteiger charge is 2.17. The summed E-state index contributed by atoms with van der Waals surface area (Å²) in [5.74, 6) is -0.422. The molecule has 0 unspecified atom stereocenters. The minimum atomic E-state index is -0.705. The Bertz CT molecular complexity index is 1190. The molecule has 7 heteroatoms. The molecule has 6 nitrogen and oxygen atoms in total. The molecule has 26 heavy (non-hydrogen) atoms. The average molecular weight is 410 g/mol. The number of benzene rings is 2. The molecular weight excluding hydrogens is 398 g/mol. The predicted molar refractivity (Wildman–Crippen MR) is 104 cm³/mol. The summed E-state index contributed by atoms with van der Waals surface area (Å²) in [4.78, 5) is 31.0. The number of halogens is 1. The number of aliphatic imine (C=N–C) groups is 1. The van der Waals surface area contributed by atoms with Crippen LogP contribution in [0.25, 0.3) is 17.3 Å². The van der Waals surface area contributed by atoms with Crippen molar-refractivity contribution in [3.8, 4) is 11.6 Å². The molecule has 0 fully saturated rings. The van der Waals surface area contributed by atoms with Crippen molar-refractivity contribution in [2.45, 2.75) is 0 Å². The highest BCUT2D eigenvalue weighted by molar-refractivity contribution is 9.10. The van der Waals surface area contributed by atoms with Crippen molar-refractivity contribution in [1.82, 2.24) is 9.55 Å². The molecule has 1 aromatic heterocycles. The minimum absolute atomic E-state index is 0.0114. The Hall–Kier alpha value is -3.19. The summed E-state index contributed by atoms with van der Waals surface area (Å²) in [5, 5.41) is 10.6. The van der Waals surface area contributed by atoms with Gasteiger partial charge in [-0.25, -0.2) is 9.36 Å². The van der Waals surface area contributed by atoms with Crippen LogP contribution in [-0.2, 0) is 0 Å². The lowest BCUT2D eigenvalue weighted by atomic mass is 10.1. The van der Waals surface area contributed by atoms with Crippen molar-refractivity contribution in [2.75, 3.05) is 0 Å². The molecular formula is C19H12BrN3O3. The van der Waals surface area contributed by atoms with E-state index in [0.717, 1.165) is 20.3 Å². The number of nitrogens with zero attached hydrogens (tertiary/aromatic N) is 2. The Morgan fingerprint density at radius 2 is 1.88 bits per heavy atom. The monoisotopic (exact) mass is 409 g/mol. The first-order valence-electron chi connectivity index (χ1n) is 7.74. The summed E-state index contributed by atoms with van der Waals surface area (Å²) in [7, 11) is 0. The van der Waals surface area contributed by atoms with Gasteiger partial charge in [-0.3, -0.25) is 14.8 Å². The number of H-pyrrole nitrogens is 1.